The first-order valence-electron chi connectivity index (χ1n) is 8.96. The molecule has 140 valence electrons. The van der Waals surface area contributed by atoms with Gasteiger partial charge in [-0.25, -0.2) is 4.79 Å². The standard InChI is InChI=1S/C17H25NO5S2/c1-2-22-16(21)18-14(19)10-23-15(20)11-8-12-4-3-5-13(9-11)17(12)24-6-7-25-17/h11-13H,2-10H2,1H3,(H,18,19,21)/t11?,12-,13+. The molecule has 2 aliphatic carbocycles. The third kappa shape index (κ3) is 4.10. The second kappa shape index (κ2) is 8.20. The SMILES string of the molecule is CCOC(=O)NC(=O)COC(=O)C1C[C@H]2CCC[C@@H](C1)C21SCCS1. The Hall–Kier alpha value is -0.890. The van der Waals surface area contributed by atoms with Crippen LogP contribution in [0.25, 0.3) is 0 Å². The minimum atomic E-state index is -0.812. The second-order valence-electron chi connectivity index (χ2n) is 6.79. The van der Waals surface area contributed by atoms with Gasteiger partial charge in [0.2, 0.25) is 0 Å². The Balaban J connectivity index is 1.51. The van der Waals surface area contributed by atoms with E-state index in [1.807, 2.05) is 5.32 Å². The monoisotopic (exact) mass is 387 g/mol. The van der Waals surface area contributed by atoms with Crippen LogP contribution in [0.2, 0.25) is 0 Å². The average Bonchev–Trinajstić information content (AvgIpc) is 3.02. The van der Waals surface area contributed by atoms with Crippen LogP contribution >= 0.6 is 23.5 Å². The predicted molar refractivity (Wildman–Crippen MR) is 97.3 cm³/mol. The highest BCUT2D eigenvalue weighted by Crippen LogP contribution is 2.64. The number of carbonyl (C=O) groups is 3. The van der Waals surface area contributed by atoms with Crippen molar-refractivity contribution in [2.75, 3.05) is 24.7 Å². The number of thioether (sulfide) groups is 2. The first kappa shape index (κ1) is 18.9. The lowest BCUT2D eigenvalue weighted by atomic mass is 9.67. The number of alkyl carbamates (subject to hydrolysis) is 1. The summed E-state index contributed by atoms with van der Waals surface area (Å²) in [6.07, 6.45) is 4.52. The van der Waals surface area contributed by atoms with Gasteiger partial charge in [0.1, 0.15) is 0 Å². The summed E-state index contributed by atoms with van der Waals surface area (Å²) in [5.41, 5.74) is 0. The molecule has 3 fully saturated rings. The summed E-state index contributed by atoms with van der Waals surface area (Å²) in [4.78, 5) is 35.2. The van der Waals surface area contributed by atoms with Crippen molar-refractivity contribution in [3.8, 4) is 0 Å². The Bertz CT molecular complexity index is 519. The van der Waals surface area contributed by atoms with E-state index in [2.05, 4.69) is 28.3 Å². The molecule has 1 spiro atoms. The second-order valence-corrected chi connectivity index (χ2v) is 9.79. The summed E-state index contributed by atoms with van der Waals surface area (Å²) in [6, 6.07) is 0. The number of ether oxygens (including phenoxy) is 2. The zero-order valence-corrected chi connectivity index (χ0v) is 16.1. The largest absolute Gasteiger partial charge is 0.455 e. The molecule has 1 heterocycles. The summed E-state index contributed by atoms with van der Waals surface area (Å²) >= 11 is 4.19. The Morgan fingerprint density at radius 1 is 1.08 bits per heavy atom. The number of imide groups is 1. The molecule has 2 amide bonds. The fraction of sp³-hybridized carbons (Fsp3) is 0.824. The van der Waals surface area contributed by atoms with Gasteiger partial charge in [0.15, 0.2) is 6.61 Å². The lowest BCUT2D eigenvalue weighted by Gasteiger charge is -2.51. The fourth-order valence-corrected chi connectivity index (χ4v) is 8.31. The molecule has 1 unspecified atom stereocenters. The molecule has 0 aromatic rings. The van der Waals surface area contributed by atoms with Crippen LogP contribution in [-0.4, -0.2) is 46.8 Å². The highest BCUT2D eigenvalue weighted by Gasteiger charge is 2.55. The molecule has 1 N–H and O–H groups in total. The molecule has 3 atom stereocenters. The molecule has 1 aliphatic heterocycles. The van der Waals surface area contributed by atoms with Crippen molar-refractivity contribution in [3.05, 3.63) is 0 Å². The van der Waals surface area contributed by atoms with Crippen LogP contribution in [0.3, 0.4) is 0 Å². The van der Waals surface area contributed by atoms with E-state index >= 15 is 0 Å². The summed E-state index contributed by atoms with van der Waals surface area (Å²) in [5, 5.41) is 2.03. The van der Waals surface area contributed by atoms with Gasteiger partial charge >= 0.3 is 12.1 Å². The predicted octanol–water partition coefficient (Wildman–Crippen LogP) is 2.80. The van der Waals surface area contributed by atoms with Crippen molar-refractivity contribution in [2.45, 2.75) is 43.1 Å². The quantitative estimate of drug-likeness (QED) is 0.743. The van der Waals surface area contributed by atoms with Crippen LogP contribution < -0.4 is 5.32 Å². The van der Waals surface area contributed by atoms with Crippen LogP contribution in [0.1, 0.15) is 39.0 Å². The molecular formula is C17H25NO5S2. The molecule has 0 aromatic carbocycles. The molecule has 2 saturated carbocycles. The van der Waals surface area contributed by atoms with E-state index in [1.165, 1.54) is 30.8 Å². The lowest BCUT2D eigenvalue weighted by molar-refractivity contribution is -0.155. The zero-order chi connectivity index (χ0) is 17.9. The van der Waals surface area contributed by atoms with Crippen LogP contribution in [0.4, 0.5) is 4.79 Å². The molecule has 3 rings (SSSR count). The number of amides is 2. The van der Waals surface area contributed by atoms with E-state index in [9.17, 15) is 14.4 Å². The Morgan fingerprint density at radius 3 is 2.32 bits per heavy atom. The number of hydrogen-bond acceptors (Lipinski definition) is 7. The van der Waals surface area contributed by atoms with Crippen molar-refractivity contribution in [3.63, 3.8) is 0 Å². The fourth-order valence-electron chi connectivity index (χ4n) is 4.37. The summed E-state index contributed by atoms with van der Waals surface area (Å²) in [5.74, 6) is 2.45. The number of hydrogen-bond donors (Lipinski definition) is 1. The van der Waals surface area contributed by atoms with Gasteiger partial charge < -0.3 is 9.47 Å². The molecule has 0 aromatic heterocycles. The molecule has 3 aliphatic rings. The van der Waals surface area contributed by atoms with E-state index in [1.54, 1.807) is 6.92 Å². The maximum Gasteiger partial charge on any atom is 0.413 e. The third-order valence-electron chi connectivity index (χ3n) is 5.32. The minimum absolute atomic E-state index is 0.127. The van der Waals surface area contributed by atoms with E-state index in [0.717, 1.165) is 12.8 Å². The maximum atomic E-state index is 12.4. The first-order chi connectivity index (χ1) is 12.0. The maximum absolute atomic E-state index is 12.4. The summed E-state index contributed by atoms with van der Waals surface area (Å²) in [6.45, 7) is 1.40. The van der Waals surface area contributed by atoms with E-state index < -0.39 is 18.6 Å². The smallest absolute Gasteiger partial charge is 0.413 e. The van der Waals surface area contributed by atoms with E-state index in [0.29, 0.717) is 15.9 Å². The summed E-state index contributed by atoms with van der Waals surface area (Å²) < 4.78 is 10.1. The van der Waals surface area contributed by atoms with Gasteiger partial charge in [-0.1, -0.05) is 6.42 Å². The lowest BCUT2D eigenvalue weighted by Crippen LogP contribution is -2.48. The van der Waals surface area contributed by atoms with Gasteiger partial charge in [-0.2, -0.15) is 0 Å². The summed E-state index contributed by atoms with van der Waals surface area (Å²) in [7, 11) is 0. The van der Waals surface area contributed by atoms with Crippen molar-refractivity contribution in [1.82, 2.24) is 5.32 Å². The van der Waals surface area contributed by atoms with Gasteiger partial charge in [-0.05, 0) is 44.4 Å². The van der Waals surface area contributed by atoms with Crippen molar-refractivity contribution >= 4 is 41.5 Å². The highest BCUT2D eigenvalue weighted by atomic mass is 32.2. The Morgan fingerprint density at radius 2 is 1.72 bits per heavy atom. The van der Waals surface area contributed by atoms with Crippen LogP contribution in [0, 0.1) is 17.8 Å². The Kier molecular flexibility index (Phi) is 6.20. The molecule has 0 radical (unpaired) electrons. The van der Waals surface area contributed by atoms with Crippen molar-refractivity contribution in [2.24, 2.45) is 17.8 Å². The normalized spacial score (nSPS) is 29.9. The number of carbonyl (C=O) groups excluding carboxylic acids is 3. The average molecular weight is 388 g/mol. The number of esters is 1. The Labute approximate surface area is 156 Å². The first-order valence-corrected chi connectivity index (χ1v) is 10.9. The van der Waals surface area contributed by atoms with Crippen LogP contribution in [0.15, 0.2) is 0 Å². The van der Waals surface area contributed by atoms with Gasteiger partial charge in [-0.15, -0.1) is 23.5 Å². The molecular weight excluding hydrogens is 362 g/mol. The van der Waals surface area contributed by atoms with Crippen LogP contribution in [-0.2, 0) is 19.1 Å². The van der Waals surface area contributed by atoms with E-state index in [4.69, 9.17) is 4.74 Å². The number of rotatable bonds is 4. The molecule has 2 bridgehead atoms. The topological polar surface area (TPSA) is 81.7 Å². The van der Waals surface area contributed by atoms with E-state index in [-0.39, 0.29) is 18.5 Å². The molecule has 8 heteroatoms. The highest BCUT2D eigenvalue weighted by molar-refractivity contribution is 8.21. The van der Waals surface area contributed by atoms with Gasteiger partial charge in [0.25, 0.3) is 5.91 Å². The minimum Gasteiger partial charge on any atom is -0.455 e. The zero-order valence-electron chi connectivity index (χ0n) is 14.5. The number of nitrogens with one attached hydrogen (secondary N) is 1. The van der Waals surface area contributed by atoms with Gasteiger partial charge in [0.05, 0.1) is 16.6 Å². The van der Waals surface area contributed by atoms with Crippen molar-refractivity contribution < 1.29 is 23.9 Å². The van der Waals surface area contributed by atoms with Crippen molar-refractivity contribution in [1.29, 1.82) is 0 Å². The van der Waals surface area contributed by atoms with Crippen LogP contribution in [0.5, 0.6) is 0 Å². The van der Waals surface area contributed by atoms with Gasteiger partial charge in [0, 0.05) is 11.5 Å². The third-order valence-corrected chi connectivity index (χ3v) is 9.33. The molecule has 6 nitrogen and oxygen atoms in total. The molecule has 25 heavy (non-hydrogen) atoms. The van der Waals surface area contributed by atoms with Gasteiger partial charge in [-0.3, -0.25) is 14.9 Å². The molecule has 1 saturated heterocycles.